The molecule has 0 atom stereocenters. The van der Waals surface area contributed by atoms with Gasteiger partial charge in [-0.25, -0.2) is 0 Å². The van der Waals surface area contributed by atoms with Gasteiger partial charge < -0.3 is 14.2 Å². The molecule has 7 heteroatoms. The van der Waals surface area contributed by atoms with Crippen LogP contribution in [-0.4, -0.2) is 48.1 Å². The van der Waals surface area contributed by atoms with Gasteiger partial charge in [0.05, 0.1) is 18.1 Å². The Morgan fingerprint density at radius 1 is 1.00 bits per heavy atom. The first kappa shape index (κ1) is 22.3. The predicted molar refractivity (Wildman–Crippen MR) is 125 cm³/mol. The molecule has 0 bridgehead atoms. The van der Waals surface area contributed by atoms with Crippen LogP contribution in [0.1, 0.15) is 18.1 Å². The largest absolute Gasteiger partial charge is 0.491 e. The summed E-state index contributed by atoms with van der Waals surface area (Å²) >= 11 is 6.59. The van der Waals surface area contributed by atoms with E-state index in [-0.39, 0.29) is 5.91 Å². The monoisotopic (exact) mass is 443 g/mol. The number of benzene rings is 2. The summed E-state index contributed by atoms with van der Waals surface area (Å²) in [5.74, 6) is 1.49. The molecule has 0 N–H and O–H groups in total. The predicted octanol–water partition coefficient (Wildman–Crippen LogP) is 4.69. The van der Waals surface area contributed by atoms with Crippen LogP contribution in [-0.2, 0) is 9.53 Å². The number of aryl methyl sites for hydroxylation is 1. The molecule has 0 spiro atoms. The summed E-state index contributed by atoms with van der Waals surface area (Å²) in [6.07, 6.45) is 1.83. The molecule has 0 aliphatic carbocycles. The van der Waals surface area contributed by atoms with Crippen molar-refractivity contribution in [3.05, 3.63) is 64.6 Å². The molecule has 3 rings (SSSR count). The van der Waals surface area contributed by atoms with Crippen molar-refractivity contribution >= 4 is 40.3 Å². The van der Waals surface area contributed by atoms with Crippen LogP contribution in [0.15, 0.2) is 53.4 Å². The maximum Gasteiger partial charge on any atom is 0.266 e. The number of para-hydroxylation sites is 1. The molecule has 0 aromatic heterocycles. The van der Waals surface area contributed by atoms with Gasteiger partial charge in [0.1, 0.15) is 29.0 Å². The van der Waals surface area contributed by atoms with E-state index in [0.29, 0.717) is 47.9 Å². The zero-order valence-electron chi connectivity index (χ0n) is 17.1. The number of thiocarbonyl (C=S) groups is 1. The van der Waals surface area contributed by atoms with E-state index in [2.05, 4.69) is 0 Å². The topological polar surface area (TPSA) is 48.0 Å². The fourth-order valence-electron chi connectivity index (χ4n) is 2.81. The fourth-order valence-corrected chi connectivity index (χ4v) is 4.19. The first-order chi connectivity index (χ1) is 14.6. The van der Waals surface area contributed by atoms with Crippen LogP contribution in [0.3, 0.4) is 0 Å². The number of hydrogen-bond donors (Lipinski definition) is 0. The smallest absolute Gasteiger partial charge is 0.266 e. The summed E-state index contributed by atoms with van der Waals surface area (Å²) in [7, 11) is 0. The molecular weight excluding hydrogens is 418 g/mol. The van der Waals surface area contributed by atoms with Crippen LogP contribution in [0.25, 0.3) is 6.08 Å². The Morgan fingerprint density at radius 2 is 1.70 bits per heavy atom. The number of thioether (sulfide) groups is 1. The SMILES string of the molecule is CCN1C(=O)C(=Cc2ccccc2OCCOCCOc2ccc(C)cc2)SC1=S. The van der Waals surface area contributed by atoms with Crippen LogP contribution in [0.5, 0.6) is 11.5 Å². The van der Waals surface area contributed by atoms with Crippen LogP contribution >= 0.6 is 24.0 Å². The minimum absolute atomic E-state index is 0.0563. The van der Waals surface area contributed by atoms with Crippen molar-refractivity contribution in [1.29, 1.82) is 0 Å². The highest BCUT2D eigenvalue weighted by atomic mass is 32.2. The lowest BCUT2D eigenvalue weighted by atomic mass is 10.2. The molecule has 1 aliphatic rings. The Kier molecular flexibility index (Phi) is 8.30. The molecule has 158 valence electrons. The van der Waals surface area contributed by atoms with Gasteiger partial charge in [-0.05, 0) is 38.1 Å². The van der Waals surface area contributed by atoms with Crippen molar-refractivity contribution in [1.82, 2.24) is 4.90 Å². The first-order valence-electron chi connectivity index (χ1n) is 9.83. The van der Waals surface area contributed by atoms with E-state index in [1.807, 2.05) is 68.5 Å². The molecule has 0 saturated carbocycles. The molecular formula is C23H25NO4S2. The second-order valence-corrected chi connectivity index (χ2v) is 8.26. The van der Waals surface area contributed by atoms with E-state index in [4.69, 9.17) is 26.4 Å². The van der Waals surface area contributed by atoms with Gasteiger partial charge in [0.2, 0.25) is 0 Å². The van der Waals surface area contributed by atoms with Gasteiger partial charge in [0.25, 0.3) is 5.91 Å². The van der Waals surface area contributed by atoms with Crippen molar-refractivity contribution in [2.75, 3.05) is 33.0 Å². The minimum Gasteiger partial charge on any atom is -0.491 e. The average molecular weight is 444 g/mol. The number of ether oxygens (including phenoxy) is 3. The standard InChI is InChI=1S/C23H25NO4S2/c1-3-24-22(25)21(30-23(24)29)16-18-6-4-5-7-20(18)28-15-13-26-12-14-27-19-10-8-17(2)9-11-19/h4-11,16H,3,12-15H2,1-2H3. The van der Waals surface area contributed by atoms with Gasteiger partial charge in [-0.2, -0.15) is 0 Å². The Bertz CT molecular complexity index is 912. The van der Waals surface area contributed by atoms with E-state index >= 15 is 0 Å². The molecule has 5 nitrogen and oxygen atoms in total. The number of rotatable bonds is 10. The van der Waals surface area contributed by atoms with Crippen molar-refractivity contribution in [3.63, 3.8) is 0 Å². The van der Waals surface area contributed by atoms with Gasteiger partial charge >= 0.3 is 0 Å². The number of likely N-dealkylation sites (N-methyl/N-ethyl adjacent to an activating group) is 1. The van der Waals surface area contributed by atoms with E-state index in [9.17, 15) is 4.79 Å². The van der Waals surface area contributed by atoms with E-state index in [1.54, 1.807) is 4.90 Å². The van der Waals surface area contributed by atoms with Crippen LogP contribution in [0.4, 0.5) is 0 Å². The minimum atomic E-state index is -0.0563. The van der Waals surface area contributed by atoms with Crippen LogP contribution in [0, 0.1) is 6.92 Å². The Morgan fingerprint density at radius 3 is 2.40 bits per heavy atom. The molecule has 1 fully saturated rings. The Labute approximate surface area is 187 Å². The van der Waals surface area contributed by atoms with Gasteiger partial charge in [-0.15, -0.1) is 0 Å². The van der Waals surface area contributed by atoms with Crippen LogP contribution in [0.2, 0.25) is 0 Å². The van der Waals surface area contributed by atoms with Crippen molar-refractivity contribution in [3.8, 4) is 11.5 Å². The highest BCUT2D eigenvalue weighted by molar-refractivity contribution is 8.26. The fraction of sp³-hybridized carbons (Fsp3) is 0.304. The first-order valence-corrected chi connectivity index (χ1v) is 11.1. The lowest BCUT2D eigenvalue weighted by molar-refractivity contribution is -0.121. The molecule has 2 aromatic rings. The van der Waals surface area contributed by atoms with Crippen molar-refractivity contribution in [2.45, 2.75) is 13.8 Å². The molecule has 1 aliphatic heterocycles. The maximum absolute atomic E-state index is 12.4. The van der Waals surface area contributed by atoms with Gasteiger partial charge in [-0.1, -0.05) is 59.9 Å². The van der Waals surface area contributed by atoms with Gasteiger partial charge in [0, 0.05) is 12.1 Å². The summed E-state index contributed by atoms with van der Waals surface area (Å²) in [6.45, 7) is 6.36. The second-order valence-electron chi connectivity index (χ2n) is 6.59. The third kappa shape index (κ3) is 6.08. The zero-order valence-corrected chi connectivity index (χ0v) is 18.8. The summed E-state index contributed by atoms with van der Waals surface area (Å²) in [4.78, 5) is 14.6. The zero-order chi connectivity index (χ0) is 21.3. The Balaban J connectivity index is 1.44. The summed E-state index contributed by atoms with van der Waals surface area (Å²) in [5, 5.41) is 0. The van der Waals surface area contributed by atoms with Gasteiger partial charge in [0.15, 0.2) is 0 Å². The van der Waals surface area contributed by atoms with Crippen molar-refractivity contribution < 1.29 is 19.0 Å². The number of amides is 1. The van der Waals surface area contributed by atoms with E-state index in [1.165, 1.54) is 17.3 Å². The van der Waals surface area contributed by atoms with E-state index < -0.39 is 0 Å². The quantitative estimate of drug-likeness (QED) is 0.302. The molecule has 1 saturated heterocycles. The highest BCUT2D eigenvalue weighted by Gasteiger charge is 2.30. The van der Waals surface area contributed by atoms with E-state index in [0.717, 1.165) is 11.3 Å². The normalized spacial score (nSPS) is 15.1. The molecule has 0 unspecified atom stereocenters. The lowest BCUT2D eigenvalue weighted by Crippen LogP contribution is -2.27. The average Bonchev–Trinajstić information content (AvgIpc) is 3.02. The van der Waals surface area contributed by atoms with Crippen molar-refractivity contribution in [2.24, 2.45) is 0 Å². The third-order valence-corrected chi connectivity index (χ3v) is 5.78. The second kappa shape index (κ2) is 11.2. The Hall–Kier alpha value is -2.35. The molecule has 30 heavy (non-hydrogen) atoms. The van der Waals surface area contributed by atoms with Gasteiger partial charge in [-0.3, -0.25) is 9.69 Å². The lowest BCUT2D eigenvalue weighted by Gasteiger charge is -2.11. The molecule has 1 amide bonds. The van der Waals surface area contributed by atoms with Crippen LogP contribution < -0.4 is 9.47 Å². The summed E-state index contributed by atoms with van der Waals surface area (Å²) in [6, 6.07) is 15.5. The highest BCUT2D eigenvalue weighted by Crippen LogP contribution is 2.33. The number of carbonyl (C=O) groups excluding carboxylic acids is 1. The number of nitrogens with zero attached hydrogens (tertiary/aromatic N) is 1. The maximum atomic E-state index is 12.4. The molecule has 2 aromatic carbocycles. The number of carbonyl (C=O) groups is 1. The molecule has 0 radical (unpaired) electrons. The third-order valence-electron chi connectivity index (χ3n) is 4.40. The summed E-state index contributed by atoms with van der Waals surface area (Å²) < 4.78 is 17.7. The molecule has 1 heterocycles. The summed E-state index contributed by atoms with van der Waals surface area (Å²) in [5.41, 5.74) is 2.05. The number of hydrogen-bond acceptors (Lipinski definition) is 6.